The van der Waals surface area contributed by atoms with Gasteiger partial charge in [0.25, 0.3) is 0 Å². The Labute approximate surface area is 144 Å². The number of methoxy groups -OCH3 is 1. The molecule has 0 saturated carbocycles. The number of carboxylic acids is 1. The highest BCUT2D eigenvalue weighted by atomic mass is 16.5. The zero-order valence-corrected chi connectivity index (χ0v) is 13.7. The fourth-order valence-electron chi connectivity index (χ4n) is 3.19. The molecule has 25 heavy (non-hydrogen) atoms. The number of hydrogen-bond donors (Lipinski definition) is 2. The molecule has 1 aromatic heterocycles. The smallest absolute Gasteiger partial charge is 0.335 e. The Morgan fingerprint density at radius 2 is 2.08 bits per heavy atom. The van der Waals surface area contributed by atoms with Gasteiger partial charge in [-0.15, -0.1) is 0 Å². The van der Waals surface area contributed by atoms with Crippen LogP contribution in [-0.2, 0) is 6.42 Å². The van der Waals surface area contributed by atoms with E-state index < -0.39 is 5.97 Å². The molecule has 2 N–H and O–H groups in total. The number of anilines is 1. The first-order chi connectivity index (χ1) is 12.2. The predicted molar refractivity (Wildman–Crippen MR) is 94.7 cm³/mol. The molecule has 0 amide bonds. The van der Waals surface area contributed by atoms with Gasteiger partial charge in [-0.25, -0.2) is 9.48 Å². The summed E-state index contributed by atoms with van der Waals surface area (Å²) in [5.41, 5.74) is 3.85. The lowest BCUT2D eigenvalue weighted by Crippen LogP contribution is -2.06. The second-order valence-electron chi connectivity index (χ2n) is 5.82. The topological polar surface area (TPSA) is 76.4 Å². The van der Waals surface area contributed by atoms with Crippen molar-refractivity contribution in [3.63, 3.8) is 0 Å². The minimum Gasteiger partial charge on any atom is -0.496 e. The number of fused-ring (bicyclic) bond motifs is 1. The van der Waals surface area contributed by atoms with E-state index in [1.165, 1.54) is 0 Å². The number of hydrogen-bond acceptors (Lipinski definition) is 4. The van der Waals surface area contributed by atoms with Crippen LogP contribution >= 0.6 is 0 Å². The van der Waals surface area contributed by atoms with E-state index in [0.29, 0.717) is 5.69 Å². The van der Waals surface area contributed by atoms with Crippen molar-refractivity contribution < 1.29 is 14.6 Å². The maximum absolute atomic E-state index is 11.3. The summed E-state index contributed by atoms with van der Waals surface area (Å²) >= 11 is 0. The summed E-state index contributed by atoms with van der Waals surface area (Å²) in [6.45, 7) is 0.827. The fraction of sp³-hybridized carbons (Fsp3) is 0.158. The number of carbonyl (C=O) groups is 1. The van der Waals surface area contributed by atoms with Crippen LogP contribution in [-0.4, -0.2) is 34.5 Å². The fourth-order valence-corrected chi connectivity index (χ4v) is 3.19. The van der Waals surface area contributed by atoms with E-state index in [0.717, 1.165) is 41.4 Å². The van der Waals surface area contributed by atoms with Gasteiger partial charge < -0.3 is 15.2 Å². The first-order valence-corrected chi connectivity index (χ1v) is 8.02. The van der Waals surface area contributed by atoms with Crippen LogP contribution in [0.5, 0.6) is 5.75 Å². The predicted octanol–water partition coefficient (Wildman–Crippen LogP) is 3.21. The summed E-state index contributed by atoms with van der Waals surface area (Å²) in [6.07, 6.45) is 0.862. The second-order valence-corrected chi connectivity index (χ2v) is 5.82. The third kappa shape index (κ3) is 2.52. The molecule has 0 radical (unpaired) electrons. The van der Waals surface area contributed by atoms with Crippen LogP contribution < -0.4 is 10.1 Å². The average molecular weight is 335 g/mol. The van der Waals surface area contributed by atoms with Crippen LogP contribution in [0.15, 0.2) is 48.5 Å². The molecule has 0 aliphatic carbocycles. The Hall–Kier alpha value is -3.28. The van der Waals surface area contributed by atoms with Crippen molar-refractivity contribution in [3.05, 3.63) is 59.7 Å². The molecule has 0 fully saturated rings. The molecule has 3 aromatic rings. The average Bonchev–Trinajstić information content (AvgIpc) is 3.24. The van der Waals surface area contributed by atoms with Gasteiger partial charge in [0.15, 0.2) is 0 Å². The van der Waals surface area contributed by atoms with Crippen molar-refractivity contribution in [3.8, 4) is 22.7 Å². The molecular weight excluding hydrogens is 318 g/mol. The molecule has 6 nitrogen and oxygen atoms in total. The summed E-state index contributed by atoms with van der Waals surface area (Å²) in [5.74, 6) is 0.716. The molecule has 126 valence electrons. The molecule has 0 saturated heterocycles. The van der Waals surface area contributed by atoms with Gasteiger partial charge in [-0.3, -0.25) is 0 Å². The van der Waals surface area contributed by atoms with E-state index in [-0.39, 0.29) is 5.56 Å². The first-order valence-electron chi connectivity index (χ1n) is 8.02. The van der Waals surface area contributed by atoms with Crippen molar-refractivity contribution >= 4 is 11.8 Å². The van der Waals surface area contributed by atoms with E-state index >= 15 is 0 Å². The number of aromatic nitrogens is 2. The number of para-hydroxylation sites is 1. The molecule has 2 aromatic carbocycles. The van der Waals surface area contributed by atoms with Gasteiger partial charge in [0.05, 0.1) is 18.4 Å². The molecule has 0 unspecified atom stereocenters. The van der Waals surface area contributed by atoms with Crippen LogP contribution in [0, 0.1) is 0 Å². The van der Waals surface area contributed by atoms with Gasteiger partial charge in [0.1, 0.15) is 17.3 Å². The molecule has 1 aliphatic heterocycles. The monoisotopic (exact) mass is 335 g/mol. The lowest BCUT2D eigenvalue weighted by molar-refractivity contribution is 0.0697. The van der Waals surface area contributed by atoms with Crippen LogP contribution in [0.4, 0.5) is 5.82 Å². The molecular formula is C19H17N3O3. The standard InChI is InChI=1S/C19H17N3O3/c1-25-16-8-3-2-7-14(16)17-15-9-10-20-18(15)22(21-17)13-6-4-5-12(11-13)19(23)24/h2-8,11,20H,9-10H2,1H3,(H,23,24). The van der Waals surface area contributed by atoms with Crippen molar-refractivity contribution in [2.75, 3.05) is 19.0 Å². The SMILES string of the molecule is COc1ccccc1-c1nn(-c2cccc(C(=O)O)c2)c2c1CCN2. The van der Waals surface area contributed by atoms with Gasteiger partial charge in [0.2, 0.25) is 0 Å². The third-order valence-corrected chi connectivity index (χ3v) is 4.35. The number of nitrogens with zero attached hydrogens (tertiary/aromatic N) is 2. The summed E-state index contributed by atoms with van der Waals surface area (Å²) in [4.78, 5) is 11.3. The lowest BCUT2D eigenvalue weighted by atomic mass is 10.1. The Bertz CT molecular complexity index is 962. The zero-order valence-electron chi connectivity index (χ0n) is 13.7. The normalized spacial score (nSPS) is 12.5. The highest BCUT2D eigenvalue weighted by Crippen LogP contribution is 2.38. The first kappa shape index (κ1) is 15.3. The molecule has 6 heteroatoms. The van der Waals surface area contributed by atoms with E-state index in [4.69, 9.17) is 9.84 Å². The molecule has 0 spiro atoms. The highest BCUT2D eigenvalue weighted by Gasteiger charge is 2.25. The zero-order chi connectivity index (χ0) is 17.4. The van der Waals surface area contributed by atoms with Crippen molar-refractivity contribution in [1.29, 1.82) is 0 Å². The van der Waals surface area contributed by atoms with Gasteiger partial charge >= 0.3 is 5.97 Å². The van der Waals surface area contributed by atoms with Gasteiger partial charge in [-0.05, 0) is 36.8 Å². The molecule has 0 atom stereocenters. The Morgan fingerprint density at radius 1 is 1.24 bits per heavy atom. The highest BCUT2D eigenvalue weighted by molar-refractivity contribution is 5.88. The molecule has 4 rings (SSSR count). The number of nitrogens with one attached hydrogen (secondary N) is 1. The van der Waals surface area contributed by atoms with Crippen LogP contribution in [0.2, 0.25) is 0 Å². The van der Waals surface area contributed by atoms with E-state index in [2.05, 4.69) is 5.32 Å². The third-order valence-electron chi connectivity index (χ3n) is 4.35. The second kappa shape index (κ2) is 5.98. The van der Waals surface area contributed by atoms with Crippen LogP contribution in [0.25, 0.3) is 16.9 Å². The van der Waals surface area contributed by atoms with Crippen molar-refractivity contribution in [1.82, 2.24) is 9.78 Å². The largest absolute Gasteiger partial charge is 0.496 e. The van der Waals surface area contributed by atoms with Crippen molar-refractivity contribution in [2.45, 2.75) is 6.42 Å². The lowest BCUT2D eigenvalue weighted by Gasteiger charge is -2.08. The number of aromatic carboxylic acids is 1. The minimum absolute atomic E-state index is 0.235. The maximum Gasteiger partial charge on any atom is 0.335 e. The Morgan fingerprint density at radius 3 is 2.88 bits per heavy atom. The number of rotatable bonds is 4. The summed E-state index contributed by atoms with van der Waals surface area (Å²) in [7, 11) is 1.64. The molecule has 2 heterocycles. The van der Waals surface area contributed by atoms with E-state index in [1.807, 2.05) is 30.3 Å². The molecule has 0 bridgehead atoms. The maximum atomic E-state index is 11.3. The molecule has 1 aliphatic rings. The van der Waals surface area contributed by atoms with Gasteiger partial charge in [-0.1, -0.05) is 18.2 Å². The van der Waals surface area contributed by atoms with Crippen molar-refractivity contribution in [2.24, 2.45) is 0 Å². The van der Waals surface area contributed by atoms with E-state index in [1.54, 1.807) is 30.0 Å². The van der Waals surface area contributed by atoms with Gasteiger partial charge in [0, 0.05) is 17.7 Å². The quantitative estimate of drug-likeness (QED) is 0.765. The van der Waals surface area contributed by atoms with Crippen LogP contribution in [0.3, 0.4) is 0 Å². The minimum atomic E-state index is -0.955. The number of benzene rings is 2. The summed E-state index contributed by atoms with van der Waals surface area (Å²) in [5, 5.41) is 17.4. The number of carboxylic acid groups (broad SMARTS) is 1. The Balaban J connectivity index is 1.89. The van der Waals surface area contributed by atoms with Gasteiger partial charge in [-0.2, -0.15) is 5.10 Å². The van der Waals surface area contributed by atoms with Crippen LogP contribution in [0.1, 0.15) is 15.9 Å². The number of ether oxygens (including phenoxy) is 1. The summed E-state index contributed by atoms with van der Waals surface area (Å²) < 4.78 is 7.25. The summed E-state index contributed by atoms with van der Waals surface area (Å²) in [6, 6.07) is 14.6. The van der Waals surface area contributed by atoms with E-state index in [9.17, 15) is 9.90 Å². The Kier molecular flexibility index (Phi) is 3.65.